The minimum absolute atomic E-state index is 0.0835. The molecule has 1 N–H and O–H groups in total. The third-order valence-corrected chi connectivity index (χ3v) is 9.37. The molecule has 6 nitrogen and oxygen atoms in total. The first-order valence-corrected chi connectivity index (χ1v) is 16.3. The largest absolute Gasteiger partial charge is 0.497 e. The van der Waals surface area contributed by atoms with Gasteiger partial charge in [-0.05, 0) is 112 Å². The van der Waals surface area contributed by atoms with E-state index in [0.717, 1.165) is 81.7 Å². The minimum Gasteiger partial charge on any atom is -0.497 e. The number of benzene rings is 3. The van der Waals surface area contributed by atoms with E-state index in [2.05, 4.69) is 67.7 Å². The van der Waals surface area contributed by atoms with Crippen LogP contribution in [0.1, 0.15) is 81.9 Å². The van der Waals surface area contributed by atoms with E-state index in [-0.39, 0.29) is 23.1 Å². The smallest absolute Gasteiger partial charge is 0.306 e. The van der Waals surface area contributed by atoms with Crippen molar-refractivity contribution in [1.29, 1.82) is 0 Å². The second-order valence-corrected chi connectivity index (χ2v) is 13.2. The third-order valence-electron chi connectivity index (χ3n) is 9.37. The van der Waals surface area contributed by atoms with Crippen LogP contribution in [0.15, 0.2) is 78.9 Å². The van der Waals surface area contributed by atoms with E-state index in [1.807, 2.05) is 30.3 Å². The molecule has 0 spiro atoms. The van der Waals surface area contributed by atoms with Crippen LogP contribution in [-0.2, 0) is 32.8 Å². The number of carbonyl (C=O) groups is 1. The zero-order valence-electron chi connectivity index (χ0n) is 26.7. The van der Waals surface area contributed by atoms with Gasteiger partial charge < -0.3 is 24.3 Å². The summed E-state index contributed by atoms with van der Waals surface area (Å²) in [5.41, 5.74) is 3.59. The lowest BCUT2D eigenvalue weighted by molar-refractivity contribution is -0.146. The third kappa shape index (κ3) is 9.09. The van der Waals surface area contributed by atoms with Crippen molar-refractivity contribution in [2.24, 2.45) is 5.92 Å². The predicted molar refractivity (Wildman–Crippen MR) is 174 cm³/mol. The van der Waals surface area contributed by atoms with Crippen LogP contribution in [0, 0.1) is 5.92 Å². The fourth-order valence-electron chi connectivity index (χ4n) is 6.95. The number of hydrogen-bond acceptors (Lipinski definition) is 6. The summed E-state index contributed by atoms with van der Waals surface area (Å²) < 4.78 is 23.3. The molecule has 0 amide bonds. The number of carbonyl (C=O) groups excluding carboxylic acids is 1. The Morgan fingerprint density at radius 2 is 1.59 bits per heavy atom. The summed E-state index contributed by atoms with van der Waals surface area (Å²) >= 11 is 0. The lowest BCUT2D eigenvalue weighted by Gasteiger charge is -2.45. The van der Waals surface area contributed by atoms with Gasteiger partial charge in [0, 0.05) is 25.0 Å². The molecular weight excluding hydrogens is 550 g/mol. The van der Waals surface area contributed by atoms with Crippen molar-refractivity contribution in [3.05, 3.63) is 95.6 Å². The molecule has 1 atom stereocenters. The lowest BCUT2D eigenvalue weighted by Crippen LogP contribution is -2.45. The number of rotatable bonds is 13. The summed E-state index contributed by atoms with van der Waals surface area (Å²) in [6, 6.07) is 27.0. The molecule has 5 rings (SSSR count). The molecule has 3 aromatic carbocycles. The molecule has 3 aromatic rings. The fraction of sp³-hybridized carbons (Fsp3) is 0.500. The molecule has 1 saturated heterocycles. The highest BCUT2D eigenvalue weighted by Crippen LogP contribution is 2.44. The molecule has 6 heteroatoms. The van der Waals surface area contributed by atoms with Gasteiger partial charge in [0.1, 0.15) is 18.1 Å². The van der Waals surface area contributed by atoms with Crippen LogP contribution in [0.5, 0.6) is 11.5 Å². The molecule has 2 aliphatic rings. The summed E-state index contributed by atoms with van der Waals surface area (Å²) in [4.78, 5) is 12.3. The summed E-state index contributed by atoms with van der Waals surface area (Å²) in [5.74, 6) is 2.09. The molecule has 1 aliphatic heterocycles. The van der Waals surface area contributed by atoms with Gasteiger partial charge in [-0.2, -0.15) is 0 Å². The predicted octanol–water partition coefficient (Wildman–Crippen LogP) is 7.77. The van der Waals surface area contributed by atoms with E-state index in [9.17, 15) is 4.79 Å². The van der Waals surface area contributed by atoms with Gasteiger partial charge in [0.25, 0.3) is 0 Å². The van der Waals surface area contributed by atoms with Crippen molar-refractivity contribution in [3.63, 3.8) is 0 Å². The van der Waals surface area contributed by atoms with Gasteiger partial charge in [0.2, 0.25) is 0 Å². The average molecular weight is 600 g/mol. The van der Waals surface area contributed by atoms with E-state index in [0.29, 0.717) is 18.9 Å². The Bertz CT molecular complexity index is 1300. The zero-order valence-corrected chi connectivity index (χ0v) is 26.7. The van der Waals surface area contributed by atoms with Gasteiger partial charge in [0.15, 0.2) is 0 Å². The molecule has 0 bridgehead atoms. The lowest BCUT2D eigenvalue weighted by atomic mass is 9.67. The van der Waals surface area contributed by atoms with Crippen LogP contribution < -0.4 is 14.8 Å². The maximum Gasteiger partial charge on any atom is 0.306 e. The van der Waals surface area contributed by atoms with Crippen LogP contribution in [-0.4, -0.2) is 37.9 Å². The number of hydrogen-bond donors (Lipinski definition) is 1. The highest BCUT2D eigenvalue weighted by Gasteiger charge is 2.41. The normalized spacial score (nSPS) is 23.1. The molecule has 0 radical (unpaired) electrons. The average Bonchev–Trinajstić information content (AvgIpc) is 3.04. The Balaban J connectivity index is 1.03. The van der Waals surface area contributed by atoms with Crippen LogP contribution in [0.3, 0.4) is 0 Å². The van der Waals surface area contributed by atoms with Crippen molar-refractivity contribution in [2.75, 3.05) is 20.3 Å². The highest BCUT2D eigenvalue weighted by molar-refractivity contribution is 5.69. The van der Waals surface area contributed by atoms with Crippen molar-refractivity contribution < 1.29 is 23.7 Å². The zero-order chi connectivity index (χ0) is 30.8. The maximum atomic E-state index is 12.3. The second kappa shape index (κ2) is 15.1. The molecular formula is C38H49NO5. The van der Waals surface area contributed by atoms with Gasteiger partial charge in [0.05, 0.1) is 18.8 Å². The number of nitrogens with one attached hydrogen (secondary N) is 1. The van der Waals surface area contributed by atoms with Crippen molar-refractivity contribution >= 4 is 5.97 Å². The first-order valence-electron chi connectivity index (χ1n) is 16.3. The molecule has 1 saturated carbocycles. The molecule has 0 aromatic heterocycles. The quantitative estimate of drug-likeness (QED) is 0.160. The van der Waals surface area contributed by atoms with Crippen LogP contribution in [0.25, 0.3) is 0 Å². The van der Waals surface area contributed by atoms with Gasteiger partial charge in [-0.25, -0.2) is 0 Å². The van der Waals surface area contributed by atoms with E-state index in [1.165, 1.54) is 11.1 Å². The molecule has 2 fully saturated rings. The van der Waals surface area contributed by atoms with E-state index >= 15 is 0 Å². The van der Waals surface area contributed by atoms with Crippen LogP contribution in [0.4, 0.5) is 0 Å². The van der Waals surface area contributed by atoms with Crippen molar-refractivity contribution in [1.82, 2.24) is 5.32 Å². The summed E-state index contributed by atoms with van der Waals surface area (Å²) in [7, 11) is 1.71. The van der Waals surface area contributed by atoms with Crippen LogP contribution in [0.2, 0.25) is 0 Å². The Morgan fingerprint density at radius 3 is 2.27 bits per heavy atom. The number of methoxy groups -OCH3 is 1. The fourth-order valence-corrected chi connectivity index (χ4v) is 6.95. The van der Waals surface area contributed by atoms with E-state index < -0.39 is 0 Å². The Labute approximate surface area is 263 Å². The van der Waals surface area contributed by atoms with Crippen molar-refractivity contribution in [3.8, 4) is 11.5 Å². The molecule has 44 heavy (non-hydrogen) atoms. The molecule has 1 unspecified atom stereocenters. The maximum absolute atomic E-state index is 12.3. The topological polar surface area (TPSA) is 66.0 Å². The van der Waals surface area contributed by atoms with Gasteiger partial charge in [-0.3, -0.25) is 4.79 Å². The second-order valence-electron chi connectivity index (χ2n) is 13.2. The Hall–Kier alpha value is -3.35. The Kier molecular flexibility index (Phi) is 11.0. The highest BCUT2D eigenvalue weighted by atomic mass is 16.5. The van der Waals surface area contributed by atoms with E-state index in [4.69, 9.17) is 18.9 Å². The number of ether oxygens (including phenoxy) is 4. The molecule has 1 aliphatic carbocycles. The van der Waals surface area contributed by atoms with Gasteiger partial charge in [-0.1, -0.05) is 54.6 Å². The van der Waals surface area contributed by atoms with Gasteiger partial charge >= 0.3 is 5.97 Å². The number of esters is 1. The van der Waals surface area contributed by atoms with E-state index in [1.54, 1.807) is 7.11 Å². The summed E-state index contributed by atoms with van der Waals surface area (Å²) in [6.07, 6.45) is 7.71. The summed E-state index contributed by atoms with van der Waals surface area (Å²) in [5, 5.41) is 3.69. The first kappa shape index (κ1) is 32.1. The monoisotopic (exact) mass is 599 g/mol. The van der Waals surface area contributed by atoms with Crippen LogP contribution >= 0.6 is 0 Å². The first-order chi connectivity index (χ1) is 21.3. The SMILES string of the molecule is COc1ccc(C2(CCNCc3ccc(O[C@H]4CC[C@H](CC(=O)OCc5ccccc5)CC4)cc3)CCOC(C)(C)C2)cc1. The minimum atomic E-state index is -0.137. The standard InChI is InChI=1S/C38H49NO5/c1-37(2)28-38(22-24-43-37,32-13-19-33(41-3)20-14-32)21-23-39-26-30-11-17-35(18-12-30)44-34-15-9-29(10-16-34)25-36(40)42-27-31-7-5-4-6-8-31/h4-8,11-14,17-20,29,34,39H,9-10,15-16,21-28H2,1-3H3/t29-,34-,38?. The Morgan fingerprint density at radius 1 is 0.886 bits per heavy atom. The summed E-state index contributed by atoms with van der Waals surface area (Å²) in [6.45, 7) is 7.30. The molecule has 1 heterocycles. The van der Waals surface area contributed by atoms with Crippen molar-refractivity contribution in [2.45, 2.75) is 95.5 Å². The molecule has 236 valence electrons. The van der Waals surface area contributed by atoms with Gasteiger partial charge in [-0.15, -0.1) is 0 Å².